The summed E-state index contributed by atoms with van der Waals surface area (Å²) in [6.45, 7) is 1.75. The van der Waals surface area contributed by atoms with Gasteiger partial charge in [-0.1, -0.05) is 44.0 Å². The van der Waals surface area contributed by atoms with E-state index in [2.05, 4.69) is 73.7 Å². The predicted molar refractivity (Wildman–Crippen MR) is 175 cm³/mol. The Bertz CT molecular complexity index is 1830. The van der Waals surface area contributed by atoms with Gasteiger partial charge in [0.25, 0.3) is 11.8 Å². The lowest BCUT2D eigenvalue weighted by atomic mass is 10.1. The van der Waals surface area contributed by atoms with E-state index in [1.165, 1.54) is 46.6 Å². The van der Waals surface area contributed by atoms with Crippen LogP contribution in [0.4, 0.5) is 11.4 Å². The molecule has 2 amide bonds. The molecule has 12 heteroatoms. The first-order chi connectivity index (χ1) is 20.1. The molecule has 1 aromatic heterocycles. The molecule has 0 spiro atoms. The van der Waals surface area contributed by atoms with E-state index in [9.17, 15) is 19.2 Å². The lowest BCUT2D eigenvalue weighted by Gasteiger charge is -2.25. The largest absolute Gasteiger partial charge is 0.296 e. The van der Waals surface area contributed by atoms with Gasteiger partial charge in [0, 0.05) is 54.7 Å². The van der Waals surface area contributed by atoms with E-state index in [4.69, 9.17) is 0 Å². The number of hydrogen-bond acceptors (Lipinski definition) is 6. The molecule has 0 fully saturated rings. The minimum atomic E-state index is -0.594. The van der Waals surface area contributed by atoms with E-state index < -0.39 is 23.4 Å². The van der Waals surface area contributed by atoms with Crippen molar-refractivity contribution in [2.75, 3.05) is 16.8 Å². The predicted octanol–water partition coefficient (Wildman–Crippen LogP) is 7.62. The molecule has 2 aliphatic rings. The number of benzene rings is 2. The van der Waals surface area contributed by atoms with Crippen LogP contribution in [0.1, 0.15) is 38.0 Å². The lowest BCUT2D eigenvalue weighted by molar-refractivity contribution is -0.114. The Morgan fingerprint density at radius 2 is 1.36 bits per heavy atom. The number of aliphatic imine (C=N–C) groups is 1. The van der Waals surface area contributed by atoms with Crippen LogP contribution in [-0.2, 0) is 4.79 Å². The molecule has 3 aromatic rings. The van der Waals surface area contributed by atoms with Gasteiger partial charge in [-0.15, -0.1) is 0 Å². The van der Waals surface area contributed by atoms with Gasteiger partial charge in [-0.2, -0.15) is 0 Å². The maximum Gasteiger partial charge on any atom is 0.263 e. The number of carbonyl (C=O) groups excluding carboxylic acids is 4. The third-order valence-electron chi connectivity index (χ3n) is 6.42. The van der Waals surface area contributed by atoms with E-state index in [0.717, 1.165) is 0 Å². The van der Waals surface area contributed by atoms with Crippen molar-refractivity contribution in [2.45, 2.75) is 6.92 Å². The maximum absolute atomic E-state index is 14.3. The first-order valence-corrected chi connectivity index (χ1v) is 15.4. The Kier molecular flexibility index (Phi) is 8.70. The van der Waals surface area contributed by atoms with Gasteiger partial charge in [-0.3, -0.25) is 39.0 Å². The molecule has 5 rings (SSSR count). The number of carbonyl (C=O) groups is 4. The van der Waals surface area contributed by atoms with Crippen molar-refractivity contribution in [3.05, 3.63) is 119 Å². The van der Waals surface area contributed by atoms with Crippen molar-refractivity contribution in [3.8, 4) is 0 Å². The topological polar surface area (TPSA) is 100 Å². The Labute approximate surface area is 274 Å². The number of allylic oxidation sites excluding steroid dienone is 4. The highest BCUT2D eigenvalue weighted by Gasteiger charge is 2.48. The van der Waals surface area contributed by atoms with Crippen molar-refractivity contribution >= 4 is 105 Å². The minimum Gasteiger partial charge on any atom is -0.296 e. The number of Topliss-reactive ketones (excluding diaryl/α,β-unsaturated/α-hetero) is 2. The van der Waals surface area contributed by atoms with Gasteiger partial charge < -0.3 is 0 Å². The third kappa shape index (κ3) is 5.10. The molecule has 2 aliphatic heterocycles. The Hall–Kier alpha value is -3.32. The molecule has 0 aliphatic carbocycles. The van der Waals surface area contributed by atoms with Crippen molar-refractivity contribution in [2.24, 2.45) is 4.99 Å². The normalized spacial score (nSPS) is 16.7. The Morgan fingerprint density at radius 3 is 1.88 bits per heavy atom. The number of nitrogens with zero attached hydrogens (tertiary/aromatic N) is 4. The summed E-state index contributed by atoms with van der Waals surface area (Å²) < 4.78 is 2.05. The van der Waals surface area contributed by atoms with Crippen LogP contribution in [0.2, 0.25) is 0 Å². The van der Waals surface area contributed by atoms with E-state index in [-0.39, 0.29) is 45.0 Å². The molecule has 3 heterocycles. The van der Waals surface area contributed by atoms with Crippen LogP contribution in [-0.4, -0.2) is 41.6 Å². The molecular weight excluding hydrogens is 800 g/mol. The summed E-state index contributed by atoms with van der Waals surface area (Å²) in [6, 6.07) is 9.59. The van der Waals surface area contributed by atoms with Crippen molar-refractivity contribution < 1.29 is 19.2 Å². The fourth-order valence-electron chi connectivity index (χ4n) is 4.73. The summed E-state index contributed by atoms with van der Waals surface area (Å²) in [4.78, 5) is 67.3. The molecule has 210 valence electrons. The van der Waals surface area contributed by atoms with Crippen LogP contribution in [0.15, 0.2) is 107 Å². The van der Waals surface area contributed by atoms with Gasteiger partial charge in [0.2, 0.25) is 11.6 Å². The number of fused-ring (bicyclic) bond motifs is 2. The number of hydrogen-bond donors (Lipinski definition) is 0. The van der Waals surface area contributed by atoms with Gasteiger partial charge in [0.15, 0.2) is 0 Å². The Morgan fingerprint density at radius 1 is 0.833 bits per heavy atom. The van der Waals surface area contributed by atoms with E-state index in [0.29, 0.717) is 17.9 Å². The summed E-state index contributed by atoms with van der Waals surface area (Å²) >= 11 is 13.8. The van der Waals surface area contributed by atoms with Crippen LogP contribution < -0.4 is 9.80 Å². The summed E-state index contributed by atoms with van der Waals surface area (Å²) in [5, 5.41) is 0. The fraction of sp³-hybridized carbons (Fsp3) is 0.0667. The second-order valence-corrected chi connectivity index (χ2v) is 12.5. The number of rotatable bonds is 4. The maximum atomic E-state index is 14.3. The minimum absolute atomic E-state index is 0.177. The summed E-state index contributed by atoms with van der Waals surface area (Å²) in [7, 11) is 1.57. The van der Waals surface area contributed by atoms with Crippen LogP contribution in [0.3, 0.4) is 0 Å². The van der Waals surface area contributed by atoms with Crippen LogP contribution in [0.25, 0.3) is 0 Å². The van der Waals surface area contributed by atoms with E-state index in [1.54, 1.807) is 50.4 Å². The van der Waals surface area contributed by atoms with Gasteiger partial charge in [0.05, 0.1) is 22.5 Å². The van der Waals surface area contributed by atoms with Crippen molar-refractivity contribution in [1.29, 1.82) is 0 Å². The average molecular weight is 818 g/mol. The molecule has 0 N–H and O–H groups in total. The van der Waals surface area contributed by atoms with Gasteiger partial charge in [-0.05, 0) is 81.3 Å². The molecule has 0 radical (unpaired) electrons. The second-order valence-electron chi connectivity index (χ2n) is 8.97. The first-order valence-electron chi connectivity index (χ1n) is 12.3. The summed E-state index contributed by atoms with van der Waals surface area (Å²) in [5.74, 6) is -2.35. The molecule has 0 saturated heterocycles. The monoisotopic (exact) mass is 814 g/mol. The number of ketones is 2. The number of amides is 2. The zero-order valence-corrected chi connectivity index (χ0v) is 28.2. The van der Waals surface area contributed by atoms with E-state index >= 15 is 0 Å². The third-order valence-corrected chi connectivity index (χ3v) is 8.55. The van der Waals surface area contributed by atoms with E-state index in [1.807, 2.05) is 0 Å². The summed E-state index contributed by atoms with van der Waals surface area (Å²) in [6.07, 6.45) is 9.15. The summed E-state index contributed by atoms with van der Waals surface area (Å²) in [5.41, 5.74) is 0.811. The zero-order chi connectivity index (χ0) is 30.3. The highest BCUT2D eigenvalue weighted by Crippen LogP contribution is 2.49. The highest BCUT2D eigenvalue weighted by molar-refractivity contribution is 9.11. The molecular formula is C30H18Br4N4O4. The number of aromatic nitrogens is 1. The number of anilines is 2. The Balaban J connectivity index is 1.88. The lowest BCUT2D eigenvalue weighted by Crippen LogP contribution is -2.37. The molecule has 0 saturated carbocycles. The molecule has 42 heavy (non-hydrogen) atoms. The number of pyridine rings is 1. The molecule has 2 aromatic carbocycles. The highest BCUT2D eigenvalue weighted by atomic mass is 79.9. The first kappa shape index (κ1) is 30.1. The van der Waals surface area contributed by atoms with Gasteiger partial charge >= 0.3 is 0 Å². The quantitative estimate of drug-likeness (QED) is 0.153. The van der Waals surface area contributed by atoms with Crippen LogP contribution >= 0.6 is 63.7 Å². The zero-order valence-electron chi connectivity index (χ0n) is 21.9. The van der Waals surface area contributed by atoms with Crippen LogP contribution in [0.5, 0.6) is 0 Å². The van der Waals surface area contributed by atoms with Gasteiger partial charge in [0.1, 0.15) is 11.4 Å². The molecule has 0 atom stereocenters. The smallest absolute Gasteiger partial charge is 0.263 e. The number of halogens is 4. The standard InChI is InChI=1S/C30H18Br4N4O4/c1-3-4-15(5-8-35-2)29(41)37-23-19(11-17(31)13-21(23)33)27(39)25(37)26-28(40)20-12-18(32)14-22(34)24(20)38(26)30(42)16-6-9-36-10-7-16/h3-14H,1-2H3/b4-3-,15-5+,26-25+,35-8+. The van der Waals surface area contributed by atoms with Gasteiger partial charge in [-0.25, -0.2) is 0 Å². The fourth-order valence-corrected chi connectivity index (χ4v) is 7.54. The molecule has 8 nitrogen and oxygen atoms in total. The SMILES string of the molecule is C\C=C/C(=C\C=N\C)C(=O)N1/C(=C2\C(=O)c3cc(Br)cc(Br)c3N2C(=O)c2ccncc2)C(=O)c2cc(Br)cc(Br)c21. The van der Waals surface area contributed by atoms with Crippen molar-refractivity contribution in [1.82, 2.24) is 4.98 Å². The average Bonchev–Trinajstić information content (AvgIpc) is 3.41. The van der Waals surface area contributed by atoms with Crippen molar-refractivity contribution in [3.63, 3.8) is 0 Å². The second kappa shape index (κ2) is 12.1. The van der Waals surface area contributed by atoms with Crippen LogP contribution in [0, 0.1) is 0 Å². The molecule has 0 bridgehead atoms. The molecule has 0 unspecified atom stereocenters.